The Labute approximate surface area is 202 Å². The first-order chi connectivity index (χ1) is 17.2. The maximum absolute atomic E-state index is 12.8. The zero-order valence-electron chi connectivity index (χ0n) is 19.4. The number of morpholine rings is 1. The molecule has 6 rings (SSSR count). The number of hydrogen-bond donors (Lipinski definition) is 1. The molecule has 0 spiro atoms. The van der Waals surface area contributed by atoms with Crippen LogP contribution in [0, 0.1) is 0 Å². The van der Waals surface area contributed by atoms with Crippen LogP contribution in [-0.2, 0) is 11.3 Å². The van der Waals surface area contributed by atoms with E-state index < -0.39 is 0 Å². The van der Waals surface area contributed by atoms with Gasteiger partial charge in [0.1, 0.15) is 29.1 Å². The van der Waals surface area contributed by atoms with Gasteiger partial charge < -0.3 is 19.7 Å². The predicted molar refractivity (Wildman–Crippen MR) is 130 cm³/mol. The molecule has 2 unspecified atom stereocenters. The van der Waals surface area contributed by atoms with Crippen molar-refractivity contribution in [3.8, 4) is 5.75 Å². The zero-order chi connectivity index (χ0) is 23.8. The van der Waals surface area contributed by atoms with Crippen molar-refractivity contribution in [3.05, 3.63) is 83.4 Å². The summed E-state index contributed by atoms with van der Waals surface area (Å²) in [5, 5.41) is 7.56. The van der Waals surface area contributed by atoms with Crippen molar-refractivity contribution in [2.45, 2.75) is 25.5 Å². The molecule has 9 heteroatoms. The number of rotatable bonds is 5. The lowest BCUT2D eigenvalue weighted by molar-refractivity contribution is 0.0944. The van der Waals surface area contributed by atoms with E-state index in [1.165, 1.54) is 0 Å². The van der Waals surface area contributed by atoms with Gasteiger partial charge in [0.15, 0.2) is 5.65 Å². The number of hydrogen-bond acceptors (Lipinski definition) is 7. The summed E-state index contributed by atoms with van der Waals surface area (Å²) in [6.07, 6.45) is 3.28. The quantitative estimate of drug-likeness (QED) is 0.479. The molecule has 0 radical (unpaired) electrons. The third kappa shape index (κ3) is 3.97. The summed E-state index contributed by atoms with van der Waals surface area (Å²) in [6.45, 7) is 5.56. The van der Waals surface area contributed by atoms with Gasteiger partial charge in [-0.1, -0.05) is 37.3 Å². The number of fused-ring (bicyclic) bond motifs is 2. The Morgan fingerprint density at radius 1 is 1.09 bits per heavy atom. The minimum absolute atomic E-state index is 0.0359. The lowest BCUT2D eigenvalue weighted by Gasteiger charge is -2.29. The number of amides is 1. The highest BCUT2D eigenvalue weighted by Gasteiger charge is 2.38. The maximum Gasteiger partial charge on any atom is 0.272 e. The van der Waals surface area contributed by atoms with E-state index in [1.807, 2.05) is 36.4 Å². The molecule has 1 saturated heterocycles. The van der Waals surface area contributed by atoms with E-state index in [0.717, 1.165) is 41.5 Å². The lowest BCUT2D eigenvalue weighted by atomic mass is 9.96. The van der Waals surface area contributed by atoms with E-state index in [4.69, 9.17) is 9.47 Å². The van der Waals surface area contributed by atoms with E-state index in [0.29, 0.717) is 31.1 Å². The molecule has 0 saturated carbocycles. The fraction of sp³-hybridized carbons (Fsp3) is 0.308. The topological polar surface area (TPSA) is 93.9 Å². The number of carbonyl (C=O) groups is 1. The molecular weight excluding hydrogens is 444 g/mol. The van der Waals surface area contributed by atoms with Crippen molar-refractivity contribution in [3.63, 3.8) is 0 Å². The standard InChI is InChI=1S/C26H26N6O3/c1-17-23-21(9-10-27-25(23)31-11-13-34-14-12-31)35-24(17)20-16-28-22-8-7-19(30-32(20)22)26(33)29-15-18-5-3-2-4-6-18/h2-10,16-17,24H,11-15H2,1H3,(H,29,33). The molecule has 2 aliphatic rings. The molecule has 9 nitrogen and oxygen atoms in total. The van der Waals surface area contributed by atoms with Crippen LogP contribution in [0.2, 0.25) is 0 Å². The van der Waals surface area contributed by atoms with Gasteiger partial charge in [0, 0.05) is 37.3 Å². The summed E-state index contributed by atoms with van der Waals surface area (Å²) in [6, 6.07) is 15.2. The zero-order valence-corrected chi connectivity index (χ0v) is 19.4. The second kappa shape index (κ2) is 8.99. The summed E-state index contributed by atoms with van der Waals surface area (Å²) in [5.41, 5.74) is 3.91. The maximum atomic E-state index is 12.8. The number of carbonyl (C=O) groups excluding carboxylic acids is 1. The van der Waals surface area contributed by atoms with Crippen molar-refractivity contribution < 1.29 is 14.3 Å². The second-order valence-corrected chi connectivity index (χ2v) is 8.81. The molecule has 1 amide bonds. The fourth-order valence-corrected chi connectivity index (χ4v) is 4.78. The van der Waals surface area contributed by atoms with Gasteiger partial charge in [-0.2, -0.15) is 5.10 Å². The Morgan fingerprint density at radius 2 is 1.91 bits per heavy atom. The van der Waals surface area contributed by atoms with Crippen LogP contribution in [0.1, 0.15) is 46.3 Å². The van der Waals surface area contributed by atoms with E-state index in [9.17, 15) is 4.79 Å². The molecule has 178 valence electrons. The van der Waals surface area contributed by atoms with Crippen LogP contribution in [0.3, 0.4) is 0 Å². The van der Waals surface area contributed by atoms with E-state index in [-0.39, 0.29) is 17.9 Å². The van der Waals surface area contributed by atoms with Gasteiger partial charge >= 0.3 is 0 Å². The lowest BCUT2D eigenvalue weighted by Crippen LogP contribution is -2.37. The number of nitrogens with zero attached hydrogens (tertiary/aromatic N) is 5. The van der Waals surface area contributed by atoms with E-state index in [1.54, 1.807) is 29.0 Å². The van der Waals surface area contributed by atoms with Gasteiger partial charge in [-0.3, -0.25) is 4.79 Å². The highest BCUT2D eigenvalue weighted by molar-refractivity contribution is 5.92. The largest absolute Gasteiger partial charge is 0.483 e. The van der Waals surface area contributed by atoms with Gasteiger partial charge in [0.05, 0.1) is 19.4 Å². The molecule has 1 aromatic carbocycles. The molecule has 5 heterocycles. The molecule has 3 aromatic heterocycles. The van der Waals surface area contributed by atoms with Gasteiger partial charge in [-0.05, 0) is 23.8 Å². The number of ether oxygens (including phenoxy) is 2. The minimum Gasteiger partial charge on any atom is -0.483 e. The Balaban J connectivity index is 1.27. The Morgan fingerprint density at radius 3 is 2.74 bits per heavy atom. The predicted octanol–water partition coefficient (Wildman–Crippen LogP) is 3.13. The molecular formula is C26H26N6O3. The van der Waals surface area contributed by atoms with Crippen LogP contribution < -0.4 is 15.0 Å². The van der Waals surface area contributed by atoms with Gasteiger partial charge in [0.25, 0.3) is 5.91 Å². The number of nitrogens with one attached hydrogen (secondary N) is 1. The molecule has 4 aromatic rings. The SMILES string of the molecule is CC1c2c(ccnc2N2CCOCC2)OC1c1cnc2ccc(C(=O)NCc3ccccc3)nn12. The average Bonchev–Trinajstić information content (AvgIpc) is 3.48. The van der Waals surface area contributed by atoms with Crippen molar-refractivity contribution in [2.75, 3.05) is 31.2 Å². The van der Waals surface area contributed by atoms with Crippen LogP contribution in [-0.4, -0.2) is 51.8 Å². The number of anilines is 1. The molecule has 0 bridgehead atoms. The van der Waals surface area contributed by atoms with Gasteiger partial charge in [-0.25, -0.2) is 14.5 Å². The van der Waals surface area contributed by atoms with Crippen molar-refractivity contribution >= 4 is 17.4 Å². The van der Waals surface area contributed by atoms with E-state index >= 15 is 0 Å². The molecule has 35 heavy (non-hydrogen) atoms. The summed E-state index contributed by atoms with van der Waals surface area (Å²) in [7, 11) is 0. The van der Waals surface area contributed by atoms with Crippen molar-refractivity contribution in [1.82, 2.24) is 24.9 Å². The highest BCUT2D eigenvalue weighted by Crippen LogP contribution is 2.49. The molecule has 2 atom stereocenters. The van der Waals surface area contributed by atoms with Crippen LogP contribution in [0.25, 0.3) is 5.65 Å². The number of pyridine rings is 1. The summed E-state index contributed by atoms with van der Waals surface area (Å²) >= 11 is 0. The first-order valence-corrected chi connectivity index (χ1v) is 11.8. The molecule has 1 fully saturated rings. The summed E-state index contributed by atoms with van der Waals surface area (Å²) in [5.74, 6) is 1.57. The normalized spacial score (nSPS) is 19.4. The number of aromatic nitrogens is 4. The first kappa shape index (κ1) is 21.5. The highest BCUT2D eigenvalue weighted by atomic mass is 16.5. The smallest absolute Gasteiger partial charge is 0.272 e. The summed E-state index contributed by atoms with van der Waals surface area (Å²) in [4.78, 5) is 24.3. The van der Waals surface area contributed by atoms with Crippen LogP contribution >= 0.6 is 0 Å². The van der Waals surface area contributed by atoms with Crippen LogP contribution in [0.5, 0.6) is 5.75 Å². The van der Waals surface area contributed by atoms with E-state index in [2.05, 4.69) is 32.2 Å². The first-order valence-electron chi connectivity index (χ1n) is 11.8. The second-order valence-electron chi connectivity index (χ2n) is 8.81. The molecule has 0 aliphatic carbocycles. The Bertz CT molecular complexity index is 1370. The van der Waals surface area contributed by atoms with Crippen molar-refractivity contribution in [2.24, 2.45) is 0 Å². The Kier molecular flexibility index (Phi) is 5.54. The molecule has 1 N–H and O–H groups in total. The Hall–Kier alpha value is -3.98. The van der Waals surface area contributed by atoms with Gasteiger partial charge in [0.2, 0.25) is 0 Å². The molecule has 2 aliphatic heterocycles. The van der Waals surface area contributed by atoms with Crippen molar-refractivity contribution in [1.29, 1.82) is 0 Å². The van der Waals surface area contributed by atoms with Crippen LogP contribution in [0.15, 0.2) is 60.9 Å². The number of imidazole rings is 1. The monoisotopic (exact) mass is 470 g/mol. The van der Waals surface area contributed by atoms with Crippen LogP contribution in [0.4, 0.5) is 5.82 Å². The minimum atomic E-state index is -0.292. The third-order valence-corrected chi connectivity index (χ3v) is 6.61. The average molecular weight is 471 g/mol. The summed E-state index contributed by atoms with van der Waals surface area (Å²) < 4.78 is 13.6. The van der Waals surface area contributed by atoms with Gasteiger partial charge in [-0.15, -0.1) is 0 Å². The number of benzene rings is 1. The third-order valence-electron chi connectivity index (χ3n) is 6.61. The fourth-order valence-electron chi connectivity index (χ4n) is 4.78.